The molecule has 0 spiro atoms. The summed E-state index contributed by atoms with van der Waals surface area (Å²) in [6.07, 6.45) is 2.97. The summed E-state index contributed by atoms with van der Waals surface area (Å²) in [5.41, 5.74) is 3.19. The van der Waals surface area contributed by atoms with Gasteiger partial charge in [-0.15, -0.1) is 0 Å². The van der Waals surface area contributed by atoms with Crippen LogP contribution in [0.4, 0.5) is 5.69 Å². The average Bonchev–Trinajstić information content (AvgIpc) is 2.99. The van der Waals surface area contributed by atoms with E-state index in [0.717, 1.165) is 25.5 Å². The van der Waals surface area contributed by atoms with Crippen LogP contribution >= 0.6 is 0 Å². The molecule has 4 N–H and O–H groups in total. The molecule has 27 heavy (non-hydrogen) atoms. The lowest BCUT2D eigenvalue weighted by atomic mass is 9.92. The third-order valence-electron chi connectivity index (χ3n) is 5.22. The number of β-amino-alcohol motifs (C(OH)–C–C–N with tert-alkyl or cyclic N) is 1. The molecule has 0 amide bonds. The second-order valence-electron chi connectivity index (χ2n) is 7.30. The van der Waals surface area contributed by atoms with E-state index in [1.807, 2.05) is 12.1 Å². The Kier molecular flexibility index (Phi) is 5.46. The van der Waals surface area contributed by atoms with Gasteiger partial charge in [0.15, 0.2) is 0 Å². The van der Waals surface area contributed by atoms with E-state index in [9.17, 15) is 18.6 Å². The number of hydrogen-bond donors (Lipinski definition) is 4. The fourth-order valence-corrected chi connectivity index (χ4v) is 4.23. The van der Waals surface area contributed by atoms with Gasteiger partial charge >= 0.3 is 0 Å². The summed E-state index contributed by atoms with van der Waals surface area (Å²) < 4.78 is 25.1. The van der Waals surface area contributed by atoms with Gasteiger partial charge in [0.05, 0.1) is 18.0 Å². The summed E-state index contributed by atoms with van der Waals surface area (Å²) in [6.45, 7) is 2.48. The number of nitrogens with one attached hydrogen (secondary N) is 2. The maximum atomic E-state index is 11.4. The molecule has 0 heterocycles. The maximum absolute atomic E-state index is 11.4. The smallest absolute Gasteiger partial charge is 0.229 e. The fourth-order valence-electron chi connectivity index (χ4n) is 3.67. The lowest BCUT2D eigenvalue weighted by Gasteiger charge is -2.30. The highest BCUT2D eigenvalue weighted by Crippen LogP contribution is 2.33. The van der Waals surface area contributed by atoms with Crippen molar-refractivity contribution in [1.82, 2.24) is 5.32 Å². The lowest BCUT2D eigenvalue weighted by molar-refractivity contribution is 0.155. The van der Waals surface area contributed by atoms with Gasteiger partial charge in [-0.25, -0.2) is 8.42 Å². The number of sulfonamides is 1. The molecule has 0 aliphatic heterocycles. The second-order valence-corrected chi connectivity index (χ2v) is 9.05. The number of benzene rings is 2. The summed E-state index contributed by atoms with van der Waals surface area (Å²) >= 11 is 0. The average molecular weight is 391 g/mol. The Morgan fingerprint density at radius 2 is 1.78 bits per heavy atom. The van der Waals surface area contributed by atoms with Crippen LogP contribution in [0.25, 0.3) is 0 Å². The van der Waals surface area contributed by atoms with E-state index in [0.29, 0.717) is 12.1 Å². The number of phenols is 1. The molecule has 6 nitrogen and oxygen atoms in total. The first-order chi connectivity index (χ1) is 12.7. The van der Waals surface area contributed by atoms with Crippen LogP contribution in [0, 0.1) is 0 Å². The van der Waals surface area contributed by atoms with Crippen LogP contribution in [0.3, 0.4) is 0 Å². The first kappa shape index (κ1) is 19.7. The number of hydrogen-bond acceptors (Lipinski definition) is 5. The number of aliphatic hydroxyl groups excluding tert-OH is 1. The predicted octanol–water partition coefficient (Wildman–Crippen LogP) is 2.33. The third kappa shape index (κ3) is 4.61. The Hall–Kier alpha value is -2.09. The van der Waals surface area contributed by atoms with Crippen molar-refractivity contribution in [3.8, 4) is 5.75 Å². The Labute approximate surface area is 160 Å². The monoisotopic (exact) mass is 390 g/mol. The van der Waals surface area contributed by atoms with Gasteiger partial charge in [-0.3, -0.25) is 4.72 Å². The van der Waals surface area contributed by atoms with Crippen molar-refractivity contribution in [2.75, 3.05) is 17.5 Å². The highest BCUT2D eigenvalue weighted by Gasteiger charge is 2.35. The van der Waals surface area contributed by atoms with Crippen molar-refractivity contribution in [3.63, 3.8) is 0 Å². The standard InChI is InChI=1S/C20H26N2O4S/c1-3-20(11-15-6-4-5-7-16(15)12-20)21-13-19(24)14-8-9-18(23)17(10-14)22-27(2,25)26/h4-10,19,21-24H,3,11-13H2,1-2H3. The third-order valence-corrected chi connectivity index (χ3v) is 5.81. The summed E-state index contributed by atoms with van der Waals surface area (Å²) in [5.74, 6) is -0.180. The highest BCUT2D eigenvalue weighted by molar-refractivity contribution is 7.92. The zero-order valence-corrected chi connectivity index (χ0v) is 16.4. The zero-order valence-electron chi connectivity index (χ0n) is 15.6. The molecule has 2 aromatic carbocycles. The summed E-state index contributed by atoms with van der Waals surface area (Å²) in [5, 5.41) is 24.0. The van der Waals surface area contributed by atoms with Crippen molar-refractivity contribution >= 4 is 15.7 Å². The van der Waals surface area contributed by atoms with Crippen LogP contribution in [0.1, 0.15) is 36.1 Å². The molecule has 1 aliphatic rings. The number of fused-ring (bicyclic) bond motifs is 1. The van der Waals surface area contributed by atoms with Crippen molar-refractivity contribution in [2.45, 2.75) is 37.8 Å². The summed E-state index contributed by atoms with van der Waals surface area (Å²) in [7, 11) is -3.52. The van der Waals surface area contributed by atoms with E-state index in [1.54, 1.807) is 6.07 Å². The zero-order chi connectivity index (χ0) is 19.7. The summed E-state index contributed by atoms with van der Waals surface area (Å²) in [6, 6.07) is 12.8. The Morgan fingerprint density at radius 3 is 2.33 bits per heavy atom. The number of rotatable bonds is 7. The van der Waals surface area contributed by atoms with Crippen LogP contribution in [-0.4, -0.2) is 37.0 Å². The number of phenolic OH excluding ortho intramolecular Hbond substituents is 1. The molecule has 3 rings (SSSR count). The molecule has 146 valence electrons. The molecule has 0 bridgehead atoms. The number of aliphatic hydroxyl groups is 1. The molecule has 0 saturated heterocycles. The maximum Gasteiger partial charge on any atom is 0.229 e. The highest BCUT2D eigenvalue weighted by atomic mass is 32.2. The largest absolute Gasteiger partial charge is 0.506 e. The van der Waals surface area contributed by atoms with E-state index in [2.05, 4.69) is 29.1 Å². The van der Waals surface area contributed by atoms with Gasteiger partial charge in [0.25, 0.3) is 0 Å². The number of aromatic hydroxyl groups is 1. The molecule has 1 aliphatic carbocycles. The minimum atomic E-state index is -3.52. The van der Waals surface area contributed by atoms with Crippen LogP contribution in [-0.2, 0) is 22.9 Å². The molecule has 2 aromatic rings. The van der Waals surface area contributed by atoms with Gasteiger partial charge in [0.1, 0.15) is 5.75 Å². The summed E-state index contributed by atoms with van der Waals surface area (Å²) in [4.78, 5) is 0. The molecule has 1 atom stereocenters. The van der Waals surface area contributed by atoms with E-state index >= 15 is 0 Å². The normalized spacial score (nSPS) is 16.7. The second kappa shape index (κ2) is 7.50. The van der Waals surface area contributed by atoms with Crippen LogP contribution < -0.4 is 10.0 Å². The van der Waals surface area contributed by atoms with E-state index in [-0.39, 0.29) is 17.0 Å². The Morgan fingerprint density at radius 1 is 1.15 bits per heavy atom. The van der Waals surface area contributed by atoms with Crippen LogP contribution in [0.5, 0.6) is 5.75 Å². The minimum Gasteiger partial charge on any atom is -0.506 e. The van der Waals surface area contributed by atoms with Crippen molar-refractivity contribution in [3.05, 3.63) is 59.2 Å². The van der Waals surface area contributed by atoms with Crippen molar-refractivity contribution in [1.29, 1.82) is 0 Å². The van der Waals surface area contributed by atoms with E-state index < -0.39 is 16.1 Å². The van der Waals surface area contributed by atoms with Gasteiger partial charge < -0.3 is 15.5 Å². The van der Waals surface area contributed by atoms with Crippen molar-refractivity contribution < 1.29 is 18.6 Å². The van der Waals surface area contributed by atoms with Gasteiger partial charge in [0, 0.05) is 12.1 Å². The Balaban J connectivity index is 1.71. The topological polar surface area (TPSA) is 98.7 Å². The minimum absolute atomic E-state index is 0.0625. The van der Waals surface area contributed by atoms with Gasteiger partial charge in [0.2, 0.25) is 10.0 Å². The fraction of sp³-hybridized carbons (Fsp3) is 0.400. The van der Waals surface area contributed by atoms with Crippen LogP contribution in [0.15, 0.2) is 42.5 Å². The molecule has 1 unspecified atom stereocenters. The lowest BCUT2D eigenvalue weighted by Crippen LogP contribution is -2.47. The van der Waals surface area contributed by atoms with E-state index in [1.165, 1.54) is 23.3 Å². The predicted molar refractivity (Wildman–Crippen MR) is 106 cm³/mol. The van der Waals surface area contributed by atoms with Gasteiger partial charge in [-0.05, 0) is 48.1 Å². The molecule has 0 saturated carbocycles. The molecule has 7 heteroatoms. The van der Waals surface area contributed by atoms with E-state index in [4.69, 9.17) is 0 Å². The van der Waals surface area contributed by atoms with Gasteiger partial charge in [-0.2, -0.15) is 0 Å². The van der Waals surface area contributed by atoms with Crippen molar-refractivity contribution in [2.24, 2.45) is 0 Å². The molecular formula is C20H26N2O4S. The Bertz CT molecular complexity index is 902. The first-order valence-electron chi connectivity index (χ1n) is 9.02. The molecule has 0 aromatic heterocycles. The van der Waals surface area contributed by atoms with Crippen LogP contribution in [0.2, 0.25) is 0 Å². The molecular weight excluding hydrogens is 364 g/mol. The SMILES string of the molecule is CCC1(NCC(O)c2ccc(O)c(NS(C)(=O)=O)c2)Cc2ccccc2C1. The molecule has 0 radical (unpaired) electrons. The quantitative estimate of drug-likeness (QED) is 0.544. The number of anilines is 1. The first-order valence-corrected chi connectivity index (χ1v) is 10.9. The van der Waals surface area contributed by atoms with Gasteiger partial charge in [-0.1, -0.05) is 37.3 Å². The molecule has 0 fully saturated rings.